The first kappa shape index (κ1) is 18.9. The first-order chi connectivity index (χ1) is 12.0. The Morgan fingerprint density at radius 3 is 2.72 bits per heavy atom. The average Bonchev–Trinajstić information content (AvgIpc) is 3.13. The molecular formula is C19H23FN4S. The number of halogens is 1. The zero-order valence-electron chi connectivity index (χ0n) is 14.8. The van der Waals surface area contributed by atoms with Crippen molar-refractivity contribution in [2.75, 3.05) is 13.1 Å². The third-order valence-electron chi connectivity index (χ3n) is 3.82. The summed E-state index contributed by atoms with van der Waals surface area (Å²) < 4.78 is 14.0. The van der Waals surface area contributed by atoms with Gasteiger partial charge in [0.15, 0.2) is 5.96 Å². The van der Waals surface area contributed by atoms with Crippen LogP contribution in [-0.4, -0.2) is 19.0 Å². The first-order valence-electron chi connectivity index (χ1n) is 8.21. The Kier molecular flexibility index (Phi) is 6.54. The molecule has 132 valence electrons. The van der Waals surface area contributed by atoms with E-state index in [2.05, 4.69) is 47.0 Å². The van der Waals surface area contributed by atoms with Gasteiger partial charge in [0, 0.05) is 28.9 Å². The van der Waals surface area contributed by atoms with Gasteiger partial charge < -0.3 is 10.6 Å². The van der Waals surface area contributed by atoms with Crippen molar-refractivity contribution in [1.82, 2.24) is 10.6 Å². The van der Waals surface area contributed by atoms with Gasteiger partial charge in [0.05, 0.1) is 18.2 Å². The van der Waals surface area contributed by atoms with Crippen molar-refractivity contribution in [3.63, 3.8) is 0 Å². The lowest BCUT2D eigenvalue weighted by molar-refractivity contribution is 0.518. The number of rotatable bonds is 6. The maximum atomic E-state index is 14.0. The summed E-state index contributed by atoms with van der Waals surface area (Å²) >= 11 is 1.73. The molecule has 0 unspecified atom stereocenters. The summed E-state index contributed by atoms with van der Waals surface area (Å²) in [5.41, 5.74) is 0.756. The second-order valence-electron chi connectivity index (χ2n) is 6.33. The topological polar surface area (TPSA) is 60.2 Å². The fourth-order valence-corrected chi connectivity index (χ4v) is 3.16. The molecule has 2 aromatic rings. The highest BCUT2D eigenvalue weighted by Crippen LogP contribution is 2.26. The Bertz CT molecular complexity index is 760. The number of nitriles is 1. The molecule has 0 aliphatic carbocycles. The number of hydrogen-bond acceptors (Lipinski definition) is 3. The van der Waals surface area contributed by atoms with Crippen molar-refractivity contribution in [3.05, 3.63) is 57.5 Å². The van der Waals surface area contributed by atoms with Crippen molar-refractivity contribution in [2.45, 2.75) is 32.7 Å². The van der Waals surface area contributed by atoms with Crippen molar-refractivity contribution in [2.24, 2.45) is 4.99 Å². The van der Waals surface area contributed by atoms with Crippen molar-refractivity contribution < 1.29 is 4.39 Å². The molecule has 1 heterocycles. The second kappa shape index (κ2) is 8.63. The van der Waals surface area contributed by atoms with Gasteiger partial charge in [-0.1, -0.05) is 26.0 Å². The monoisotopic (exact) mass is 358 g/mol. The van der Waals surface area contributed by atoms with Gasteiger partial charge in [-0.2, -0.15) is 5.26 Å². The van der Waals surface area contributed by atoms with Gasteiger partial charge >= 0.3 is 0 Å². The summed E-state index contributed by atoms with van der Waals surface area (Å²) in [6.07, 6.45) is 0. The lowest BCUT2D eigenvalue weighted by atomic mass is 9.91. The summed E-state index contributed by atoms with van der Waals surface area (Å²) in [6.45, 7) is 8.00. The quantitative estimate of drug-likeness (QED) is 0.610. The molecule has 0 amide bonds. The molecule has 2 N–H and O–H groups in total. The molecule has 0 radical (unpaired) electrons. The van der Waals surface area contributed by atoms with Crippen LogP contribution in [0, 0.1) is 17.1 Å². The minimum atomic E-state index is -0.405. The number of aliphatic imine (C=N–C) groups is 1. The van der Waals surface area contributed by atoms with Crippen LogP contribution < -0.4 is 10.6 Å². The molecule has 1 aromatic carbocycles. The van der Waals surface area contributed by atoms with E-state index >= 15 is 0 Å². The summed E-state index contributed by atoms with van der Waals surface area (Å²) in [4.78, 5) is 5.76. The fraction of sp³-hybridized carbons (Fsp3) is 0.368. The van der Waals surface area contributed by atoms with Gasteiger partial charge in [-0.15, -0.1) is 11.3 Å². The Hall–Kier alpha value is -2.39. The highest BCUT2D eigenvalue weighted by molar-refractivity contribution is 7.10. The lowest BCUT2D eigenvalue weighted by Crippen LogP contribution is -2.43. The molecule has 0 saturated carbocycles. The highest BCUT2D eigenvalue weighted by atomic mass is 32.1. The van der Waals surface area contributed by atoms with Crippen LogP contribution in [0.15, 0.2) is 40.7 Å². The van der Waals surface area contributed by atoms with E-state index in [0.717, 1.165) is 13.1 Å². The van der Waals surface area contributed by atoms with Crippen molar-refractivity contribution in [3.8, 4) is 6.07 Å². The van der Waals surface area contributed by atoms with Gasteiger partial charge in [0.2, 0.25) is 0 Å². The molecular weight excluding hydrogens is 335 g/mol. The Labute approximate surface area is 152 Å². The molecule has 0 saturated heterocycles. The minimum absolute atomic E-state index is 0.0238. The zero-order valence-corrected chi connectivity index (χ0v) is 15.6. The van der Waals surface area contributed by atoms with Crippen LogP contribution in [-0.2, 0) is 12.0 Å². The maximum absolute atomic E-state index is 14.0. The SMILES string of the molecule is CCNC(=NCc1ccc(C#N)cc1F)NCC(C)(C)c1cccs1. The standard InChI is InChI=1S/C19H23FN4S/c1-4-22-18(24-13-19(2,3)17-6-5-9-25-17)23-12-15-8-7-14(11-21)10-16(15)20/h5-10H,4,12-13H2,1-3H3,(H2,22,23,24). The van der Waals surface area contributed by atoms with Crippen molar-refractivity contribution >= 4 is 17.3 Å². The second-order valence-corrected chi connectivity index (χ2v) is 7.28. The minimum Gasteiger partial charge on any atom is -0.357 e. The molecule has 0 aliphatic heterocycles. The van der Waals surface area contributed by atoms with Crippen molar-refractivity contribution in [1.29, 1.82) is 5.26 Å². The molecule has 25 heavy (non-hydrogen) atoms. The third-order valence-corrected chi connectivity index (χ3v) is 5.06. The van der Waals surface area contributed by atoms with Crippen LogP contribution in [0.4, 0.5) is 4.39 Å². The molecule has 6 heteroatoms. The molecule has 0 fully saturated rings. The number of hydrogen-bond donors (Lipinski definition) is 2. The zero-order chi connectivity index (χ0) is 18.3. The van der Waals surface area contributed by atoms with E-state index in [9.17, 15) is 4.39 Å². The predicted molar refractivity (Wildman–Crippen MR) is 101 cm³/mol. The van der Waals surface area contributed by atoms with E-state index in [1.54, 1.807) is 23.5 Å². The predicted octanol–water partition coefficient (Wildman–Crippen LogP) is 3.79. The van der Waals surface area contributed by atoms with Gasteiger partial charge in [0.1, 0.15) is 5.82 Å². The average molecular weight is 358 g/mol. The Balaban J connectivity index is 2.05. The number of guanidine groups is 1. The number of thiophene rings is 1. The van der Waals surface area contributed by atoms with E-state index in [1.165, 1.54) is 10.9 Å². The summed E-state index contributed by atoms with van der Waals surface area (Å²) in [6, 6.07) is 10.6. The van der Waals surface area contributed by atoms with Gasteiger partial charge in [-0.05, 0) is 30.5 Å². The molecule has 0 aliphatic rings. The van der Waals surface area contributed by atoms with E-state index in [0.29, 0.717) is 17.1 Å². The maximum Gasteiger partial charge on any atom is 0.191 e. The third kappa shape index (κ3) is 5.30. The highest BCUT2D eigenvalue weighted by Gasteiger charge is 2.21. The Morgan fingerprint density at radius 1 is 1.32 bits per heavy atom. The molecule has 0 bridgehead atoms. The van der Waals surface area contributed by atoms with Crippen LogP contribution in [0.3, 0.4) is 0 Å². The summed E-state index contributed by atoms with van der Waals surface area (Å²) in [7, 11) is 0. The molecule has 0 spiro atoms. The summed E-state index contributed by atoms with van der Waals surface area (Å²) in [5, 5.41) is 17.4. The molecule has 1 aromatic heterocycles. The van der Waals surface area contributed by atoms with Crippen LogP contribution in [0.1, 0.15) is 36.8 Å². The van der Waals surface area contributed by atoms with Crippen LogP contribution in [0.2, 0.25) is 0 Å². The van der Waals surface area contributed by atoms with Crippen LogP contribution in [0.5, 0.6) is 0 Å². The lowest BCUT2D eigenvalue weighted by Gasteiger charge is -2.25. The van der Waals surface area contributed by atoms with E-state index < -0.39 is 5.82 Å². The Morgan fingerprint density at radius 2 is 2.12 bits per heavy atom. The fourth-order valence-electron chi connectivity index (χ4n) is 2.31. The summed E-state index contributed by atoms with van der Waals surface area (Å²) in [5.74, 6) is 0.244. The van der Waals surface area contributed by atoms with Crippen LogP contribution in [0.25, 0.3) is 0 Å². The molecule has 4 nitrogen and oxygen atoms in total. The number of benzene rings is 1. The van der Waals surface area contributed by atoms with E-state index in [1.807, 2.05) is 13.0 Å². The van der Waals surface area contributed by atoms with Crippen LogP contribution >= 0.6 is 11.3 Å². The van der Waals surface area contributed by atoms with E-state index in [4.69, 9.17) is 5.26 Å². The number of nitrogens with zero attached hydrogens (tertiary/aromatic N) is 2. The normalized spacial score (nSPS) is 11.9. The molecule has 0 atom stereocenters. The smallest absolute Gasteiger partial charge is 0.191 e. The van der Waals surface area contributed by atoms with Gasteiger partial charge in [-0.25, -0.2) is 9.38 Å². The van der Waals surface area contributed by atoms with Gasteiger partial charge in [0.25, 0.3) is 0 Å². The first-order valence-corrected chi connectivity index (χ1v) is 9.09. The van der Waals surface area contributed by atoms with Gasteiger partial charge in [-0.3, -0.25) is 0 Å². The molecule has 2 rings (SSSR count). The number of nitrogens with one attached hydrogen (secondary N) is 2. The van der Waals surface area contributed by atoms with E-state index in [-0.39, 0.29) is 12.0 Å². The largest absolute Gasteiger partial charge is 0.357 e.